The molecule has 0 spiro atoms. The minimum absolute atomic E-state index is 0.107. The molecule has 2 aromatic carbocycles. The lowest BCUT2D eigenvalue weighted by Crippen LogP contribution is -2.28. The summed E-state index contributed by atoms with van der Waals surface area (Å²) in [5, 5.41) is 0. The van der Waals surface area contributed by atoms with Crippen LogP contribution in [0.25, 0.3) is 0 Å². The summed E-state index contributed by atoms with van der Waals surface area (Å²) in [7, 11) is -3.70. The summed E-state index contributed by atoms with van der Waals surface area (Å²) < 4.78 is 37.5. The summed E-state index contributed by atoms with van der Waals surface area (Å²) in [6.45, 7) is 7.33. The van der Waals surface area contributed by atoms with Crippen molar-refractivity contribution >= 4 is 15.6 Å². The fraction of sp³-hybridized carbons (Fsp3) is 0.350. The molecule has 0 N–H and O–H groups in total. The minimum atomic E-state index is -3.70. The second kappa shape index (κ2) is 6.30. The first-order valence-electron chi connectivity index (χ1n) is 8.34. The van der Waals surface area contributed by atoms with Gasteiger partial charge in [-0.3, -0.25) is 4.79 Å². The van der Waals surface area contributed by atoms with Crippen LogP contribution in [-0.4, -0.2) is 26.6 Å². The van der Waals surface area contributed by atoms with Crippen molar-refractivity contribution in [3.63, 3.8) is 0 Å². The fourth-order valence-corrected chi connectivity index (χ4v) is 4.36. The number of ketones is 1. The highest BCUT2D eigenvalue weighted by atomic mass is 32.2. The van der Waals surface area contributed by atoms with E-state index >= 15 is 0 Å². The van der Waals surface area contributed by atoms with E-state index < -0.39 is 21.2 Å². The first kappa shape index (κ1) is 18.8. The summed E-state index contributed by atoms with van der Waals surface area (Å²) >= 11 is 0. The number of ether oxygens (including phenoxy) is 2. The van der Waals surface area contributed by atoms with E-state index in [9.17, 15) is 13.2 Å². The van der Waals surface area contributed by atoms with Gasteiger partial charge in [0.15, 0.2) is 11.6 Å². The second-order valence-corrected chi connectivity index (χ2v) is 9.08. The smallest absolute Gasteiger partial charge is 0.206 e. The zero-order valence-electron chi connectivity index (χ0n) is 15.3. The lowest BCUT2D eigenvalue weighted by atomic mass is 9.97. The van der Waals surface area contributed by atoms with Crippen molar-refractivity contribution in [2.45, 2.75) is 48.9 Å². The van der Waals surface area contributed by atoms with E-state index in [4.69, 9.17) is 9.47 Å². The number of rotatable bonds is 4. The molecule has 1 heterocycles. The molecule has 1 unspecified atom stereocenters. The molecule has 1 atom stereocenters. The first-order chi connectivity index (χ1) is 12.0. The Kier molecular flexibility index (Phi) is 4.55. The minimum Gasteiger partial charge on any atom is -0.347 e. The Bertz CT molecular complexity index is 944. The average molecular weight is 374 g/mol. The van der Waals surface area contributed by atoms with Gasteiger partial charge in [-0.05, 0) is 57.5 Å². The number of benzene rings is 2. The monoisotopic (exact) mass is 374 g/mol. The van der Waals surface area contributed by atoms with Crippen molar-refractivity contribution < 1.29 is 22.7 Å². The molecule has 6 heteroatoms. The lowest BCUT2D eigenvalue weighted by Gasteiger charge is -2.26. The molecule has 0 amide bonds. The number of carbonyl (C=O) groups is 1. The van der Waals surface area contributed by atoms with Crippen LogP contribution in [0.2, 0.25) is 0 Å². The maximum Gasteiger partial charge on any atom is 0.206 e. The molecule has 0 saturated carbocycles. The third kappa shape index (κ3) is 3.45. The summed E-state index contributed by atoms with van der Waals surface area (Å²) in [6, 6.07) is 12.7. The van der Waals surface area contributed by atoms with Crippen LogP contribution >= 0.6 is 0 Å². The molecule has 2 aromatic rings. The second-order valence-electron chi connectivity index (χ2n) is 7.13. The van der Waals surface area contributed by atoms with Crippen LogP contribution < -0.4 is 0 Å². The van der Waals surface area contributed by atoms with Gasteiger partial charge in [-0.2, -0.15) is 0 Å². The standard InChI is InChI=1S/C20H22O5S/c1-14(21)15-8-10-17(11-9-15)26(22,23)18-7-5-6-16(12-18)20(4)13-24-19(2,3)25-20/h5-12H,13H2,1-4H3. The molecule has 3 rings (SSSR count). The van der Waals surface area contributed by atoms with Crippen molar-refractivity contribution in [2.75, 3.05) is 6.61 Å². The SMILES string of the molecule is CC(=O)c1ccc(S(=O)(=O)c2cccc(C3(C)COC(C)(C)O3)c2)cc1. The van der Waals surface area contributed by atoms with Crippen molar-refractivity contribution in [1.29, 1.82) is 0 Å². The maximum absolute atomic E-state index is 13.0. The third-order valence-electron chi connectivity index (χ3n) is 4.49. The predicted octanol–water partition coefficient (Wildman–Crippen LogP) is 3.72. The zero-order valence-corrected chi connectivity index (χ0v) is 16.1. The van der Waals surface area contributed by atoms with Gasteiger partial charge in [-0.25, -0.2) is 8.42 Å². The van der Waals surface area contributed by atoms with Crippen molar-refractivity contribution in [3.05, 3.63) is 59.7 Å². The molecule has 0 bridgehead atoms. The summed E-state index contributed by atoms with van der Waals surface area (Å²) in [4.78, 5) is 11.7. The van der Waals surface area contributed by atoms with Gasteiger partial charge in [-0.1, -0.05) is 24.3 Å². The Morgan fingerprint density at radius 3 is 2.19 bits per heavy atom. The number of hydrogen-bond donors (Lipinski definition) is 0. The number of sulfone groups is 1. The Morgan fingerprint density at radius 2 is 1.65 bits per heavy atom. The average Bonchev–Trinajstić information content (AvgIpc) is 2.89. The maximum atomic E-state index is 13.0. The lowest BCUT2D eigenvalue weighted by molar-refractivity contribution is -0.159. The van der Waals surface area contributed by atoms with E-state index in [-0.39, 0.29) is 15.6 Å². The number of carbonyl (C=O) groups excluding carboxylic acids is 1. The van der Waals surface area contributed by atoms with Gasteiger partial charge in [0, 0.05) is 5.56 Å². The molecule has 0 aliphatic carbocycles. The van der Waals surface area contributed by atoms with E-state index in [0.29, 0.717) is 12.2 Å². The highest BCUT2D eigenvalue weighted by Crippen LogP contribution is 2.39. The molecule has 5 nitrogen and oxygen atoms in total. The Morgan fingerprint density at radius 1 is 1.00 bits per heavy atom. The molecular weight excluding hydrogens is 352 g/mol. The van der Waals surface area contributed by atoms with Gasteiger partial charge in [0.05, 0.1) is 16.4 Å². The largest absolute Gasteiger partial charge is 0.347 e. The van der Waals surface area contributed by atoms with Crippen LogP contribution in [0.1, 0.15) is 43.6 Å². The van der Waals surface area contributed by atoms with Gasteiger partial charge in [0.1, 0.15) is 5.60 Å². The molecule has 0 radical (unpaired) electrons. The Hall–Kier alpha value is -2.02. The topological polar surface area (TPSA) is 69.7 Å². The highest BCUT2D eigenvalue weighted by Gasteiger charge is 2.43. The quantitative estimate of drug-likeness (QED) is 0.763. The zero-order chi connectivity index (χ0) is 19.2. The first-order valence-corrected chi connectivity index (χ1v) is 9.83. The van der Waals surface area contributed by atoms with E-state index in [1.165, 1.54) is 31.2 Å². The molecule has 1 saturated heterocycles. The summed E-state index contributed by atoms with van der Waals surface area (Å²) in [5.74, 6) is -0.823. The molecule has 1 aliphatic heterocycles. The van der Waals surface area contributed by atoms with Gasteiger partial charge >= 0.3 is 0 Å². The summed E-state index contributed by atoms with van der Waals surface area (Å²) in [6.07, 6.45) is 0. The highest BCUT2D eigenvalue weighted by molar-refractivity contribution is 7.91. The number of Topliss-reactive ketones (excluding diaryl/α,β-unsaturated/α-hetero) is 1. The summed E-state index contributed by atoms with van der Waals surface area (Å²) in [5.41, 5.74) is 0.501. The normalized spacial score (nSPS) is 22.3. The van der Waals surface area contributed by atoms with Gasteiger partial charge in [-0.15, -0.1) is 0 Å². The van der Waals surface area contributed by atoms with Gasteiger partial charge in [0.2, 0.25) is 9.84 Å². The molecule has 1 aliphatic rings. The van der Waals surface area contributed by atoms with Crippen molar-refractivity contribution in [3.8, 4) is 0 Å². The van der Waals surface area contributed by atoms with Crippen LogP contribution in [-0.2, 0) is 24.9 Å². The third-order valence-corrected chi connectivity index (χ3v) is 6.26. The van der Waals surface area contributed by atoms with Gasteiger partial charge in [0.25, 0.3) is 0 Å². The van der Waals surface area contributed by atoms with Crippen molar-refractivity contribution in [1.82, 2.24) is 0 Å². The molecule has 26 heavy (non-hydrogen) atoms. The van der Waals surface area contributed by atoms with E-state index in [1.54, 1.807) is 18.2 Å². The van der Waals surface area contributed by atoms with E-state index in [2.05, 4.69) is 0 Å². The molecule has 0 aromatic heterocycles. The molecule has 1 fully saturated rings. The van der Waals surface area contributed by atoms with Crippen LogP contribution in [0.5, 0.6) is 0 Å². The van der Waals surface area contributed by atoms with E-state index in [0.717, 1.165) is 5.56 Å². The Labute approximate surface area is 153 Å². The molecule has 138 valence electrons. The Balaban J connectivity index is 1.98. The van der Waals surface area contributed by atoms with Crippen LogP contribution in [0, 0.1) is 0 Å². The van der Waals surface area contributed by atoms with Crippen LogP contribution in [0.15, 0.2) is 58.3 Å². The van der Waals surface area contributed by atoms with E-state index in [1.807, 2.05) is 26.8 Å². The van der Waals surface area contributed by atoms with Crippen LogP contribution in [0.4, 0.5) is 0 Å². The van der Waals surface area contributed by atoms with Crippen molar-refractivity contribution in [2.24, 2.45) is 0 Å². The van der Waals surface area contributed by atoms with Gasteiger partial charge < -0.3 is 9.47 Å². The predicted molar refractivity (Wildman–Crippen MR) is 96.8 cm³/mol. The number of hydrogen-bond acceptors (Lipinski definition) is 5. The fourth-order valence-electron chi connectivity index (χ4n) is 3.05. The van der Waals surface area contributed by atoms with Crippen LogP contribution in [0.3, 0.4) is 0 Å². The molecular formula is C20H22O5S.